The Labute approximate surface area is 136 Å². The molecule has 1 aromatic carbocycles. The van der Waals surface area contributed by atoms with E-state index in [1.165, 1.54) is 0 Å². The van der Waals surface area contributed by atoms with E-state index in [0.717, 1.165) is 24.8 Å². The number of carbonyl (C=O) groups is 2. The molecule has 124 valence electrons. The summed E-state index contributed by atoms with van der Waals surface area (Å²) in [4.78, 5) is 26.5. The maximum Gasteiger partial charge on any atom is 0.225 e. The van der Waals surface area contributed by atoms with Gasteiger partial charge in [0.05, 0.1) is 24.1 Å². The summed E-state index contributed by atoms with van der Waals surface area (Å²) in [6, 6.07) is 9.68. The van der Waals surface area contributed by atoms with Gasteiger partial charge in [0, 0.05) is 13.0 Å². The van der Waals surface area contributed by atoms with E-state index < -0.39 is 6.10 Å². The molecule has 1 aromatic rings. The number of amides is 2. The lowest BCUT2D eigenvalue weighted by Crippen LogP contribution is -2.43. The maximum absolute atomic E-state index is 12.4. The molecule has 2 amide bonds. The summed E-state index contributed by atoms with van der Waals surface area (Å²) >= 11 is 0. The number of rotatable bonds is 4. The third-order valence-corrected chi connectivity index (χ3v) is 5.09. The molecule has 4 atom stereocenters. The van der Waals surface area contributed by atoms with Crippen LogP contribution < -0.4 is 5.32 Å². The number of hydrogen-bond donors (Lipinski definition) is 2. The molecule has 1 aliphatic carbocycles. The fourth-order valence-corrected chi connectivity index (χ4v) is 3.60. The fraction of sp³-hybridized carbons (Fsp3) is 0.556. The Morgan fingerprint density at radius 1 is 1.30 bits per heavy atom. The topological polar surface area (TPSA) is 69.6 Å². The highest BCUT2D eigenvalue weighted by Gasteiger charge is 2.38. The number of aliphatic hydroxyl groups is 1. The van der Waals surface area contributed by atoms with Crippen LogP contribution in [0.15, 0.2) is 30.3 Å². The van der Waals surface area contributed by atoms with Crippen LogP contribution >= 0.6 is 0 Å². The SMILES string of the molecule is CC(c1ccccc1)N1CC(C(=O)NC2CCCC2O)CC1=O. The molecule has 1 saturated heterocycles. The zero-order valence-corrected chi connectivity index (χ0v) is 13.4. The van der Waals surface area contributed by atoms with Crippen LogP contribution in [0.25, 0.3) is 0 Å². The predicted octanol–water partition coefficient (Wildman–Crippen LogP) is 1.63. The van der Waals surface area contributed by atoms with Crippen LogP contribution in [0.5, 0.6) is 0 Å². The quantitative estimate of drug-likeness (QED) is 0.887. The number of nitrogens with one attached hydrogen (secondary N) is 1. The third-order valence-electron chi connectivity index (χ3n) is 5.09. The highest BCUT2D eigenvalue weighted by Crippen LogP contribution is 2.29. The van der Waals surface area contributed by atoms with E-state index in [1.807, 2.05) is 37.3 Å². The Hall–Kier alpha value is -1.88. The summed E-state index contributed by atoms with van der Waals surface area (Å²) in [5.74, 6) is -0.401. The zero-order valence-electron chi connectivity index (χ0n) is 13.4. The molecule has 5 heteroatoms. The largest absolute Gasteiger partial charge is 0.391 e. The molecule has 0 bridgehead atoms. The third kappa shape index (κ3) is 3.39. The second kappa shape index (κ2) is 6.71. The Bertz CT molecular complexity index is 575. The van der Waals surface area contributed by atoms with Crippen LogP contribution in [0.1, 0.15) is 44.2 Å². The van der Waals surface area contributed by atoms with Crippen molar-refractivity contribution in [2.24, 2.45) is 5.92 Å². The van der Waals surface area contributed by atoms with Crippen molar-refractivity contribution in [1.29, 1.82) is 0 Å². The molecule has 4 unspecified atom stereocenters. The van der Waals surface area contributed by atoms with Gasteiger partial charge in [0.15, 0.2) is 0 Å². The molecule has 1 saturated carbocycles. The van der Waals surface area contributed by atoms with E-state index in [0.29, 0.717) is 6.54 Å². The standard InChI is InChI=1S/C18H24N2O3/c1-12(13-6-3-2-4-7-13)20-11-14(10-17(20)22)18(23)19-15-8-5-9-16(15)21/h2-4,6-7,12,14-16,21H,5,8-11H2,1H3,(H,19,23). The first kappa shape index (κ1) is 16.0. The Morgan fingerprint density at radius 3 is 2.70 bits per heavy atom. The van der Waals surface area contributed by atoms with Crippen LogP contribution in [0, 0.1) is 5.92 Å². The minimum Gasteiger partial charge on any atom is -0.391 e. The summed E-state index contributed by atoms with van der Waals surface area (Å²) in [5, 5.41) is 12.8. The average molecular weight is 316 g/mol. The highest BCUT2D eigenvalue weighted by atomic mass is 16.3. The van der Waals surface area contributed by atoms with Crippen molar-refractivity contribution in [3.05, 3.63) is 35.9 Å². The maximum atomic E-state index is 12.4. The molecule has 1 aliphatic heterocycles. The van der Waals surface area contributed by atoms with E-state index >= 15 is 0 Å². The van der Waals surface area contributed by atoms with Gasteiger partial charge in [-0.1, -0.05) is 30.3 Å². The van der Waals surface area contributed by atoms with Gasteiger partial charge in [0.25, 0.3) is 0 Å². The Morgan fingerprint density at radius 2 is 2.04 bits per heavy atom. The zero-order chi connectivity index (χ0) is 16.4. The van der Waals surface area contributed by atoms with Gasteiger partial charge in [-0.3, -0.25) is 9.59 Å². The highest BCUT2D eigenvalue weighted by molar-refractivity contribution is 5.89. The van der Waals surface area contributed by atoms with Gasteiger partial charge < -0.3 is 15.3 Å². The van der Waals surface area contributed by atoms with E-state index in [4.69, 9.17) is 0 Å². The lowest BCUT2D eigenvalue weighted by molar-refractivity contribution is -0.130. The van der Waals surface area contributed by atoms with E-state index in [-0.39, 0.29) is 36.2 Å². The van der Waals surface area contributed by atoms with Crippen LogP contribution in [0.4, 0.5) is 0 Å². The van der Waals surface area contributed by atoms with Gasteiger partial charge in [-0.15, -0.1) is 0 Å². The van der Waals surface area contributed by atoms with Gasteiger partial charge >= 0.3 is 0 Å². The summed E-state index contributed by atoms with van der Waals surface area (Å²) in [5.41, 5.74) is 1.08. The van der Waals surface area contributed by atoms with Crippen LogP contribution in [0.2, 0.25) is 0 Å². The lowest BCUT2D eigenvalue weighted by atomic mass is 10.1. The second-order valence-electron chi connectivity index (χ2n) is 6.65. The number of carbonyl (C=O) groups excluding carboxylic acids is 2. The number of nitrogens with zero attached hydrogens (tertiary/aromatic N) is 1. The van der Waals surface area contributed by atoms with E-state index in [9.17, 15) is 14.7 Å². The summed E-state index contributed by atoms with van der Waals surface area (Å²) in [7, 11) is 0. The van der Waals surface area contributed by atoms with Gasteiger partial charge in [-0.05, 0) is 31.7 Å². The first-order chi connectivity index (χ1) is 11.1. The average Bonchev–Trinajstić information content (AvgIpc) is 3.14. The van der Waals surface area contributed by atoms with Gasteiger partial charge in [-0.25, -0.2) is 0 Å². The molecule has 2 fully saturated rings. The second-order valence-corrected chi connectivity index (χ2v) is 6.65. The van der Waals surface area contributed by atoms with Gasteiger partial charge in [0.1, 0.15) is 0 Å². The molecular formula is C18H24N2O3. The number of aliphatic hydroxyl groups excluding tert-OH is 1. The lowest BCUT2D eigenvalue weighted by Gasteiger charge is -2.25. The van der Waals surface area contributed by atoms with Gasteiger partial charge in [-0.2, -0.15) is 0 Å². The molecule has 2 N–H and O–H groups in total. The van der Waals surface area contributed by atoms with E-state index in [2.05, 4.69) is 5.32 Å². The number of benzene rings is 1. The predicted molar refractivity (Wildman–Crippen MR) is 86.5 cm³/mol. The Balaban J connectivity index is 1.61. The monoisotopic (exact) mass is 316 g/mol. The van der Waals surface area contributed by atoms with Crippen molar-refractivity contribution < 1.29 is 14.7 Å². The molecule has 2 aliphatic rings. The minimum absolute atomic E-state index is 0.0217. The fourth-order valence-electron chi connectivity index (χ4n) is 3.60. The summed E-state index contributed by atoms with van der Waals surface area (Å²) in [6.45, 7) is 2.44. The first-order valence-corrected chi connectivity index (χ1v) is 8.39. The van der Waals surface area contributed by atoms with E-state index in [1.54, 1.807) is 4.90 Å². The van der Waals surface area contributed by atoms with Crippen LogP contribution in [-0.2, 0) is 9.59 Å². The van der Waals surface area contributed by atoms with Crippen molar-refractivity contribution in [1.82, 2.24) is 10.2 Å². The molecular weight excluding hydrogens is 292 g/mol. The minimum atomic E-state index is -0.449. The summed E-state index contributed by atoms with van der Waals surface area (Å²) in [6.07, 6.45) is 2.30. The van der Waals surface area contributed by atoms with Crippen molar-refractivity contribution in [2.45, 2.75) is 50.8 Å². The molecule has 3 rings (SSSR count). The molecule has 1 heterocycles. The van der Waals surface area contributed by atoms with Crippen LogP contribution in [-0.4, -0.2) is 40.5 Å². The van der Waals surface area contributed by atoms with Crippen molar-refractivity contribution in [2.75, 3.05) is 6.54 Å². The smallest absolute Gasteiger partial charge is 0.225 e. The molecule has 0 aromatic heterocycles. The van der Waals surface area contributed by atoms with Crippen LogP contribution in [0.3, 0.4) is 0 Å². The first-order valence-electron chi connectivity index (χ1n) is 8.39. The molecule has 5 nitrogen and oxygen atoms in total. The Kier molecular flexibility index (Phi) is 4.66. The molecule has 23 heavy (non-hydrogen) atoms. The van der Waals surface area contributed by atoms with Crippen molar-refractivity contribution in [3.63, 3.8) is 0 Å². The number of likely N-dealkylation sites (tertiary alicyclic amines) is 1. The number of hydrogen-bond acceptors (Lipinski definition) is 3. The van der Waals surface area contributed by atoms with Crippen molar-refractivity contribution >= 4 is 11.8 Å². The van der Waals surface area contributed by atoms with Crippen molar-refractivity contribution in [3.8, 4) is 0 Å². The normalized spacial score (nSPS) is 28.9. The molecule has 0 radical (unpaired) electrons. The molecule has 0 spiro atoms. The summed E-state index contributed by atoms with van der Waals surface area (Å²) < 4.78 is 0. The van der Waals surface area contributed by atoms with Gasteiger partial charge in [0.2, 0.25) is 11.8 Å².